The molecule has 0 aliphatic heterocycles. The van der Waals surface area contributed by atoms with E-state index in [2.05, 4.69) is 0 Å². The van der Waals surface area contributed by atoms with Crippen LogP contribution in [0.3, 0.4) is 0 Å². The summed E-state index contributed by atoms with van der Waals surface area (Å²) in [5.74, 6) is -0.288. The number of alkyl halides is 3. The third kappa shape index (κ3) is 2.31. The van der Waals surface area contributed by atoms with Crippen molar-refractivity contribution in [2.45, 2.75) is 38.3 Å². The van der Waals surface area contributed by atoms with E-state index in [-0.39, 0.29) is 12.3 Å². The highest BCUT2D eigenvalue weighted by atomic mass is 19.4. The van der Waals surface area contributed by atoms with Crippen LogP contribution in [0.5, 0.6) is 0 Å². The van der Waals surface area contributed by atoms with Crippen molar-refractivity contribution in [3.05, 3.63) is 23.8 Å². The Morgan fingerprint density at radius 3 is 2.47 bits per heavy atom. The smallest absolute Gasteiger partial charge is 0.303 e. The van der Waals surface area contributed by atoms with E-state index in [0.29, 0.717) is 0 Å². The van der Waals surface area contributed by atoms with Crippen LogP contribution in [0.1, 0.15) is 32.1 Å². The summed E-state index contributed by atoms with van der Waals surface area (Å²) in [5.41, 5.74) is -1.07. The Hall–Kier alpha value is -1.06. The van der Waals surface area contributed by atoms with Gasteiger partial charge in [-0.15, -0.1) is 0 Å². The molecule has 0 aromatic rings. The fourth-order valence-electron chi connectivity index (χ4n) is 2.89. The minimum atomic E-state index is -4.27. The zero-order valence-corrected chi connectivity index (χ0v) is 9.46. The van der Waals surface area contributed by atoms with E-state index >= 15 is 0 Å². The highest BCUT2D eigenvalue weighted by Crippen LogP contribution is 2.48. The summed E-state index contributed by atoms with van der Waals surface area (Å²) >= 11 is 0. The molecule has 2 aliphatic carbocycles. The molecule has 2 rings (SSSR count). The van der Waals surface area contributed by atoms with Crippen molar-refractivity contribution in [2.24, 2.45) is 11.3 Å². The largest absolute Gasteiger partial charge is 0.412 e. The van der Waals surface area contributed by atoms with Crippen LogP contribution in [0.2, 0.25) is 0 Å². The van der Waals surface area contributed by atoms with Gasteiger partial charge in [-0.1, -0.05) is 31.1 Å². The van der Waals surface area contributed by atoms with Gasteiger partial charge in [-0.25, -0.2) is 0 Å². The van der Waals surface area contributed by atoms with E-state index < -0.39 is 17.2 Å². The van der Waals surface area contributed by atoms with Gasteiger partial charge in [-0.2, -0.15) is 13.2 Å². The molecule has 0 heterocycles. The molecule has 0 N–H and O–H groups in total. The number of carbonyl (C=O) groups excluding carboxylic acids is 1. The standard InChI is InChI=1S/C13H15F3O/c14-13(15,16)11-5-3-4-10(8-11)12(9-17)6-1-2-7-12/h3-5,9-10H,1-2,6-8H2. The molecule has 1 nitrogen and oxygen atoms in total. The van der Waals surface area contributed by atoms with E-state index in [9.17, 15) is 18.0 Å². The Kier molecular flexibility index (Phi) is 3.15. The highest BCUT2D eigenvalue weighted by molar-refractivity contribution is 5.61. The molecule has 0 saturated heterocycles. The van der Waals surface area contributed by atoms with Crippen molar-refractivity contribution < 1.29 is 18.0 Å². The molecule has 1 unspecified atom stereocenters. The minimum Gasteiger partial charge on any atom is -0.303 e. The fourth-order valence-corrected chi connectivity index (χ4v) is 2.89. The maximum Gasteiger partial charge on any atom is 0.412 e. The van der Waals surface area contributed by atoms with Gasteiger partial charge in [-0.3, -0.25) is 0 Å². The molecule has 94 valence electrons. The third-order valence-corrected chi connectivity index (χ3v) is 3.95. The SMILES string of the molecule is O=CC1(C2C=CC=C(C(F)(F)F)C2)CCCC1. The van der Waals surface area contributed by atoms with E-state index in [1.54, 1.807) is 6.08 Å². The average molecular weight is 244 g/mol. The molecule has 0 amide bonds. The lowest BCUT2D eigenvalue weighted by Gasteiger charge is -2.33. The van der Waals surface area contributed by atoms with Crippen molar-refractivity contribution in [2.75, 3.05) is 0 Å². The first-order chi connectivity index (χ1) is 7.98. The summed E-state index contributed by atoms with van der Waals surface area (Å²) < 4.78 is 37.9. The summed E-state index contributed by atoms with van der Waals surface area (Å²) in [4.78, 5) is 11.3. The van der Waals surface area contributed by atoms with Crippen LogP contribution < -0.4 is 0 Å². The quantitative estimate of drug-likeness (QED) is 0.675. The molecule has 0 aromatic heterocycles. The number of hydrogen-bond acceptors (Lipinski definition) is 1. The van der Waals surface area contributed by atoms with Crippen molar-refractivity contribution in [3.63, 3.8) is 0 Å². The second-order valence-electron chi connectivity index (χ2n) is 4.94. The Labute approximate surface area is 98.4 Å². The molecule has 17 heavy (non-hydrogen) atoms. The van der Waals surface area contributed by atoms with Gasteiger partial charge < -0.3 is 4.79 Å². The van der Waals surface area contributed by atoms with Gasteiger partial charge in [-0.05, 0) is 25.2 Å². The molecular weight excluding hydrogens is 229 g/mol. The molecule has 1 atom stereocenters. The number of rotatable bonds is 2. The fraction of sp³-hybridized carbons (Fsp3) is 0.615. The van der Waals surface area contributed by atoms with E-state index in [4.69, 9.17) is 0 Å². The van der Waals surface area contributed by atoms with Crippen molar-refractivity contribution in [1.29, 1.82) is 0 Å². The van der Waals surface area contributed by atoms with Crippen LogP contribution in [0.4, 0.5) is 13.2 Å². The van der Waals surface area contributed by atoms with E-state index in [0.717, 1.165) is 38.0 Å². The van der Waals surface area contributed by atoms with E-state index in [1.165, 1.54) is 6.08 Å². The second-order valence-corrected chi connectivity index (χ2v) is 4.94. The predicted octanol–water partition coefficient (Wildman–Crippen LogP) is 3.81. The van der Waals surface area contributed by atoms with Crippen molar-refractivity contribution in [1.82, 2.24) is 0 Å². The van der Waals surface area contributed by atoms with Crippen LogP contribution in [0.25, 0.3) is 0 Å². The Balaban J connectivity index is 2.18. The molecule has 0 aromatic carbocycles. The third-order valence-electron chi connectivity index (χ3n) is 3.95. The molecule has 2 aliphatic rings. The van der Waals surface area contributed by atoms with Crippen molar-refractivity contribution >= 4 is 6.29 Å². The monoisotopic (exact) mass is 244 g/mol. The number of carbonyl (C=O) groups is 1. The first kappa shape index (κ1) is 12.4. The molecule has 4 heteroatoms. The van der Waals surface area contributed by atoms with Crippen LogP contribution >= 0.6 is 0 Å². The van der Waals surface area contributed by atoms with Crippen LogP contribution in [0.15, 0.2) is 23.8 Å². The van der Waals surface area contributed by atoms with Gasteiger partial charge in [0.15, 0.2) is 0 Å². The van der Waals surface area contributed by atoms with Crippen LogP contribution in [0, 0.1) is 11.3 Å². The number of hydrogen-bond donors (Lipinski definition) is 0. The van der Waals surface area contributed by atoms with Crippen LogP contribution in [-0.4, -0.2) is 12.5 Å². The normalized spacial score (nSPS) is 27.9. The number of halogens is 3. The summed E-state index contributed by atoms with van der Waals surface area (Å²) in [7, 11) is 0. The van der Waals surface area contributed by atoms with Crippen molar-refractivity contribution in [3.8, 4) is 0 Å². The lowest BCUT2D eigenvalue weighted by Crippen LogP contribution is -2.31. The average Bonchev–Trinajstić information content (AvgIpc) is 2.78. The van der Waals surface area contributed by atoms with Crippen LogP contribution in [-0.2, 0) is 4.79 Å². The summed E-state index contributed by atoms with van der Waals surface area (Å²) in [5, 5.41) is 0. The molecule has 1 fully saturated rings. The molecule has 1 saturated carbocycles. The molecular formula is C13H15F3O. The maximum absolute atomic E-state index is 12.6. The van der Waals surface area contributed by atoms with Gasteiger partial charge in [0.05, 0.1) is 0 Å². The minimum absolute atomic E-state index is 0.0568. The topological polar surface area (TPSA) is 17.1 Å². The number of allylic oxidation sites excluding steroid dienone is 4. The summed E-state index contributed by atoms with van der Waals surface area (Å²) in [6.07, 6.45) is 4.19. The van der Waals surface area contributed by atoms with Gasteiger partial charge in [0.2, 0.25) is 0 Å². The van der Waals surface area contributed by atoms with Gasteiger partial charge in [0, 0.05) is 11.0 Å². The Bertz CT molecular complexity index is 359. The zero-order chi connectivity index (χ0) is 12.5. The molecule has 0 bridgehead atoms. The first-order valence-electron chi connectivity index (χ1n) is 5.89. The number of aldehydes is 1. The van der Waals surface area contributed by atoms with Gasteiger partial charge in [0.25, 0.3) is 0 Å². The molecule has 0 radical (unpaired) electrons. The lowest BCUT2D eigenvalue weighted by atomic mass is 9.71. The Morgan fingerprint density at radius 2 is 1.94 bits per heavy atom. The van der Waals surface area contributed by atoms with Gasteiger partial charge >= 0.3 is 6.18 Å². The second kappa shape index (κ2) is 4.31. The maximum atomic E-state index is 12.6. The highest BCUT2D eigenvalue weighted by Gasteiger charge is 2.44. The lowest BCUT2D eigenvalue weighted by molar-refractivity contribution is -0.119. The van der Waals surface area contributed by atoms with E-state index in [1.807, 2.05) is 0 Å². The Morgan fingerprint density at radius 1 is 1.29 bits per heavy atom. The summed E-state index contributed by atoms with van der Waals surface area (Å²) in [6, 6.07) is 0. The summed E-state index contributed by atoms with van der Waals surface area (Å²) in [6.45, 7) is 0. The zero-order valence-electron chi connectivity index (χ0n) is 9.46. The predicted molar refractivity (Wildman–Crippen MR) is 58.4 cm³/mol. The van der Waals surface area contributed by atoms with Gasteiger partial charge in [0.1, 0.15) is 6.29 Å². The molecule has 0 spiro atoms. The first-order valence-corrected chi connectivity index (χ1v) is 5.89.